The number of likely N-dealkylation sites (tertiary alicyclic amines) is 1. The zero-order chi connectivity index (χ0) is 14.4. The fourth-order valence-corrected chi connectivity index (χ4v) is 2.62. The third-order valence-corrected chi connectivity index (χ3v) is 3.69. The number of carboxylic acid groups (broad SMARTS) is 1. The summed E-state index contributed by atoms with van der Waals surface area (Å²) in [6.07, 6.45) is 3.44. The number of primary amides is 1. The first-order valence-electron chi connectivity index (χ1n) is 6.05. The number of carbonyl (C=O) groups is 3. The minimum Gasteiger partial charge on any atom is -0.480 e. The van der Waals surface area contributed by atoms with E-state index in [9.17, 15) is 14.4 Å². The summed E-state index contributed by atoms with van der Waals surface area (Å²) in [6.45, 7) is 0.409. The van der Waals surface area contributed by atoms with Crippen molar-refractivity contribution in [2.45, 2.75) is 31.3 Å². The molecule has 1 fully saturated rings. The smallest absolute Gasteiger partial charge is 0.326 e. The molecule has 0 bridgehead atoms. The van der Waals surface area contributed by atoms with Crippen molar-refractivity contribution in [3.05, 3.63) is 0 Å². The zero-order valence-corrected chi connectivity index (χ0v) is 11.6. The Labute approximate surface area is 115 Å². The zero-order valence-electron chi connectivity index (χ0n) is 10.8. The minimum atomic E-state index is -1.01. The standard InChI is InChI=1S/C11H19N3O4S/c1-19-6-4-7(13-11(12)18)9(15)14-5-2-3-8(14)10(16)17/h7-8H,2-6H2,1H3,(H,16,17)(H3,12,13,18)/t7?,8-/m1/s1. The molecule has 4 N–H and O–H groups in total. The van der Waals surface area contributed by atoms with Gasteiger partial charge in [-0.3, -0.25) is 4.79 Å². The Morgan fingerprint density at radius 2 is 2.21 bits per heavy atom. The number of hydrogen-bond acceptors (Lipinski definition) is 4. The van der Waals surface area contributed by atoms with E-state index in [1.54, 1.807) is 11.8 Å². The number of hydrogen-bond donors (Lipinski definition) is 3. The van der Waals surface area contributed by atoms with Crippen LogP contribution in [0.4, 0.5) is 4.79 Å². The minimum absolute atomic E-state index is 0.363. The third-order valence-electron chi connectivity index (χ3n) is 3.05. The Hall–Kier alpha value is -1.44. The molecule has 0 radical (unpaired) electrons. The van der Waals surface area contributed by atoms with Crippen molar-refractivity contribution in [1.29, 1.82) is 0 Å². The lowest BCUT2D eigenvalue weighted by Gasteiger charge is -2.26. The largest absolute Gasteiger partial charge is 0.480 e. The van der Waals surface area contributed by atoms with Gasteiger partial charge in [-0.25, -0.2) is 9.59 Å². The number of carboxylic acids is 1. The van der Waals surface area contributed by atoms with Crippen LogP contribution in [0.5, 0.6) is 0 Å². The average Bonchev–Trinajstić information content (AvgIpc) is 2.82. The Morgan fingerprint density at radius 1 is 1.53 bits per heavy atom. The lowest BCUT2D eigenvalue weighted by atomic mass is 10.1. The van der Waals surface area contributed by atoms with Gasteiger partial charge in [0.1, 0.15) is 12.1 Å². The summed E-state index contributed by atoms with van der Waals surface area (Å²) < 4.78 is 0. The molecule has 1 unspecified atom stereocenters. The quantitative estimate of drug-likeness (QED) is 0.629. The van der Waals surface area contributed by atoms with Crippen LogP contribution in [0.2, 0.25) is 0 Å². The van der Waals surface area contributed by atoms with Crippen molar-refractivity contribution in [3.63, 3.8) is 0 Å². The van der Waals surface area contributed by atoms with E-state index >= 15 is 0 Å². The maximum Gasteiger partial charge on any atom is 0.326 e. The lowest BCUT2D eigenvalue weighted by Crippen LogP contribution is -2.52. The highest BCUT2D eigenvalue weighted by Crippen LogP contribution is 2.19. The molecule has 0 aliphatic carbocycles. The van der Waals surface area contributed by atoms with E-state index in [0.29, 0.717) is 31.6 Å². The molecule has 0 aromatic rings. The van der Waals surface area contributed by atoms with Gasteiger partial charge in [0.05, 0.1) is 0 Å². The molecule has 19 heavy (non-hydrogen) atoms. The van der Waals surface area contributed by atoms with Gasteiger partial charge in [0.2, 0.25) is 5.91 Å². The van der Waals surface area contributed by atoms with Crippen LogP contribution in [0, 0.1) is 0 Å². The van der Waals surface area contributed by atoms with E-state index < -0.39 is 24.1 Å². The number of nitrogens with one attached hydrogen (secondary N) is 1. The van der Waals surface area contributed by atoms with Gasteiger partial charge >= 0.3 is 12.0 Å². The van der Waals surface area contributed by atoms with E-state index in [-0.39, 0.29) is 5.91 Å². The maximum absolute atomic E-state index is 12.3. The molecule has 3 amide bonds. The number of thioether (sulfide) groups is 1. The van der Waals surface area contributed by atoms with Gasteiger partial charge in [0.15, 0.2) is 0 Å². The first-order chi connectivity index (χ1) is 8.97. The van der Waals surface area contributed by atoms with Crippen molar-refractivity contribution >= 4 is 29.7 Å². The summed E-state index contributed by atoms with van der Waals surface area (Å²) in [7, 11) is 0. The van der Waals surface area contributed by atoms with Crippen LogP contribution in [-0.2, 0) is 9.59 Å². The molecule has 0 spiro atoms. The second kappa shape index (κ2) is 7.22. The molecule has 7 nitrogen and oxygen atoms in total. The molecule has 8 heteroatoms. The van der Waals surface area contributed by atoms with Gasteiger partial charge in [0.25, 0.3) is 0 Å². The molecule has 0 aromatic carbocycles. The number of urea groups is 1. The maximum atomic E-state index is 12.3. The summed E-state index contributed by atoms with van der Waals surface area (Å²) in [5.74, 6) is -0.686. The fourth-order valence-electron chi connectivity index (χ4n) is 2.15. The number of amides is 3. The molecule has 0 aromatic heterocycles. The second-order valence-corrected chi connectivity index (χ2v) is 5.36. The summed E-state index contributed by atoms with van der Waals surface area (Å²) >= 11 is 1.54. The van der Waals surface area contributed by atoms with Crippen LogP contribution < -0.4 is 11.1 Å². The van der Waals surface area contributed by atoms with Crippen LogP contribution in [-0.4, -0.2) is 58.6 Å². The van der Waals surface area contributed by atoms with Crippen molar-refractivity contribution in [2.24, 2.45) is 5.73 Å². The van der Waals surface area contributed by atoms with Crippen LogP contribution in [0.15, 0.2) is 0 Å². The molecular formula is C11H19N3O4S. The SMILES string of the molecule is CSCCC(NC(N)=O)C(=O)N1CCC[C@@H]1C(=O)O. The van der Waals surface area contributed by atoms with Crippen molar-refractivity contribution in [3.8, 4) is 0 Å². The van der Waals surface area contributed by atoms with Gasteiger partial charge in [-0.1, -0.05) is 0 Å². The van der Waals surface area contributed by atoms with E-state index in [1.807, 2.05) is 6.26 Å². The van der Waals surface area contributed by atoms with Crippen LogP contribution in [0.1, 0.15) is 19.3 Å². The van der Waals surface area contributed by atoms with E-state index in [4.69, 9.17) is 10.8 Å². The number of nitrogens with zero attached hydrogens (tertiary/aromatic N) is 1. The summed E-state index contributed by atoms with van der Waals surface area (Å²) in [5.41, 5.74) is 5.05. The van der Waals surface area contributed by atoms with Gasteiger partial charge in [-0.2, -0.15) is 11.8 Å². The summed E-state index contributed by atoms with van der Waals surface area (Å²) in [5, 5.41) is 11.5. The molecule has 1 aliphatic heterocycles. The third kappa shape index (κ3) is 4.30. The lowest BCUT2D eigenvalue weighted by molar-refractivity contribution is -0.148. The van der Waals surface area contributed by atoms with Crippen LogP contribution in [0.3, 0.4) is 0 Å². The number of aliphatic carboxylic acids is 1. The van der Waals surface area contributed by atoms with Gasteiger partial charge < -0.3 is 21.1 Å². The molecule has 108 valence electrons. The van der Waals surface area contributed by atoms with Crippen LogP contribution in [0.25, 0.3) is 0 Å². The monoisotopic (exact) mass is 289 g/mol. The highest BCUT2D eigenvalue weighted by atomic mass is 32.2. The summed E-state index contributed by atoms with van der Waals surface area (Å²) in [4.78, 5) is 35.6. The van der Waals surface area contributed by atoms with E-state index in [2.05, 4.69) is 5.32 Å². The van der Waals surface area contributed by atoms with E-state index in [0.717, 1.165) is 0 Å². The first-order valence-corrected chi connectivity index (χ1v) is 7.45. The van der Waals surface area contributed by atoms with E-state index in [1.165, 1.54) is 4.90 Å². The molecule has 2 atom stereocenters. The normalized spacial score (nSPS) is 20.1. The Morgan fingerprint density at radius 3 is 2.74 bits per heavy atom. The fraction of sp³-hybridized carbons (Fsp3) is 0.727. The molecule has 0 saturated carbocycles. The molecule has 1 rings (SSSR count). The Kier molecular flexibility index (Phi) is 5.94. The van der Waals surface area contributed by atoms with Crippen molar-refractivity contribution in [1.82, 2.24) is 10.2 Å². The predicted octanol–water partition coefficient (Wildman–Crippen LogP) is -0.148. The Bertz CT molecular complexity index is 364. The second-order valence-electron chi connectivity index (χ2n) is 4.37. The Balaban J connectivity index is 2.73. The molecular weight excluding hydrogens is 270 g/mol. The molecule has 1 heterocycles. The van der Waals surface area contributed by atoms with Crippen molar-refractivity contribution < 1.29 is 19.5 Å². The topological polar surface area (TPSA) is 113 Å². The van der Waals surface area contributed by atoms with Gasteiger partial charge in [0, 0.05) is 6.54 Å². The highest BCUT2D eigenvalue weighted by molar-refractivity contribution is 7.98. The van der Waals surface area contributed by atoms with Gasteiger partial charge in [-0.05, 0) is 31.3 Å². The average molecular weight is 289 g/mol. The first kappa shape index (κ1) is 15.6. The van der Waals surface area contributed by atoms with Crippen molar-refractivity contribution in [2.75, 3.05) is 18.6 Å². The summed E-state index contributed by atoms with van der Waals surface area (Å²) in [6, 6.07) is -2.31. The molecule has 1 saturated heterocycles. The predicted molar refractivity (Wildman–Crippen MR) is 71.9 cm³/mol. The van der Waals surface area contributed by atoms with Crippen LogP contribution >= 0.6 is 11.8 Å². The highest BCUT2D eigenvalue weighted by Gasteiger charge is 2.37. The number of nitrogens with two attached hydrogens (primary N) is 1. The number of carbonyl (C=O) groups excluding carboxylic acids is 2. The molecule has 1 aliphatic rings. The number of rotatable bonds is 6. The van der Waals surface area contributed by atoms with Gasteiger partial charge in [-0.15, -0.1) is 0 Å².